The summed E-state index contributed by atoms with van der Waals surface area (Å²) in [6.45, 7) is 8.02. The molecule has 2 heterocycles. The van der Waals surface area contributed by atoms with E-state index in [1.807, 2.05) is 13.8 Å². The van der Waals surface area contributed by atoms with Gasteiger partial charge in [0.25, 0.3) is 5.56 Å². The van der Waals surface area contributed by atoms with Crippen LogP contribution in [0.2, 0.25) is 5.02 Å². The van der Waals surface area contributed by atoms with Crippen LogP contribution < -0.4 is 10.9 Å². The molecule has 0 aromatic carbocycles. The van der Waals surface area contributed by atoms with Gasteiger partial charge >= 0.3 is 0 Å². The predicted molar refractivity (Wildman–Crippen MR) is 75.8 cm³/mol. The van der Waals surface area contributed by atoms with E-state index in [0.29, 0.717) is 24.8 Å². The van der Waals surface area contributed by atoms with Gasteiger partial charge in [0.2, 0.25) is 0 Å². The van der Waals surface area contributed by atoms with Crippen LogP contribution in [0.4, 0.5) is 5.69 Å². The van der Waals surface area contributed by atoms with Gasteiger partial charge in [-0.15, -0.1) is 0 Å². The third kappa shape index (κ3) is 3.28. The van der Waals surface area contributed by atoms with Crippen LogP contribution in [-0.2, 0) is 11.3 Å². The number of anilines is 1. The molecule has 1 unspecified atom stereocenters. The normalized spacial score (nSPS) is 23.0. The zero-order valence-corrected chi connectivity index (χ0v) is 12.3. The Kier molecular flexibility index (Phi) is 4.16. The topological polar surface area (TPSA) is 56.1 Å². The number of rotatable bonds is 4. The number of hydrogen-bond donors (Lipinski definition) is 1. The van der Waals surface area contributed by atoms with Gasteiger partial charge in [-0.1, -0.05) is 25.4 Å². The summed E-state index contributed by atoms with van der Waals surface area (Å²) in [6, 6.07) is 0. The quantitative estimate of drug-likeness (QED) is 0.921. The van der Waals surface area contributed by atoms with Gasteiger partial charge in [0.15, 0.2) is 0 Å². The zero-order chi connectivity index (χ0) is 14.0. The highest BCUT2D eigenvalue weighted by Crippen LogP contribution is 2.26. The molecule has 1 aromatic heterocycles. The maximum atomic E-state index is 12.1. The van der Waals surface area contributed by atoms with Crippen molar-refractivity contribution >= 4 is 17.3 Å². The van der Waals surface area contributed by atoms with Gasteiger partial charge < -0.3 is 10.1 Å². The molecule has 0 amide bonds. The molecule has 6 heteroatoms. The monoisotopic (exact) mass is 285 g/mol. The molecule has 1 atom stereocenters. The van der Waals surface area contributed by atoms with Crippen LogP contribution in [0.3, 0.4) is 0 Å². The summed E-state index contributed by atoms with van der Waals surface area (Å²) in [6.07, 6.45) is 2.51. The lowest BCUT2D eigenvalue weighted by atomic mass is 10.0. The highest BCUT2D eigenvalue weighted by Gasteiger charge is 2.30. The summed E-state index contributed by atoms with van der Waals surface area (Å²) in [4.78, 5) is 12.1. The second-order valence-electron chi connectivity index (χ2n) is 5.74. The van der Waals surface area contributed by atoms with Crippen LogP contribution in [0.1, 0.15) is 27.2 Å². The predicted octanol–water partition coefficient (Wildman–Crippen LogP) is 2.14. The Morgan fingerprint density at radius 2 is 2.37 bits per heavy atom. The fourth-order valence-electron chi connectivity index (χ4n) is 2.12. The molecule has 0 saturated carbocycles. The van der Waals surface area contributed by atoms with E-state index in [1.165, 1.54) is 4.68 Å². The SMILES string of the molecule is CC(C)Cn1ncc(NC2(C)CCOC2)c(Cl)c1=O. The smallest absolute Gasteiger partial charge is 0.287 e. The van der Waals surface area contributed by atoms with Crippen LogP contribution in [0, 0.1) is 5.92 Å². The van der Waals surface area contributed by atoms with E-state index in [0.717, 1.165) is 13.0 Å². The van der Waals surface area contributed by atoms with Crippen molar-refractivity contribution < 1.29 is 4.74 Å². The number of ether oxygens (including phenoxy) is 1. The minimum absolute atomic E-state index is 0.179. The van der Waals surface area contributed by atoms with Crippen molar-refractivity contribution in [3.63, 3.8) is 0 Å². The molecule has 0 radical (unpaired) electrons. The molecule has 1 N–H and O–H groups in total. The lowest BCUT2D eigenvalue weighted by Crippen LogP contribution is -2.36. The summed E-state index contributed by atoms with van der Waals surface area (Å²) in [5.41, 5.74) is 0.157. The Hall–Kier alpha value is -1.07. The van der Waals surface area contributed by atoms with E-state index < -0.39 is 0 Å². The summed E-state index contributed by atoms with van der Waals surface area (Å²) in [5.74, 6) is 0.348. The van der Waals surface area contributed by atoms with Crippen LogP contribution >= 0.6 is 11.6 Å². The molecule has 1 aromatic rings. The summed E-state index contributed by atoms with van der Waals surface area (Å²) in [5, 5.41) is 7.64. The van der Waals surface area contributed by atoms with E-state index in [1.54, 1.807) is 6.20 Å². The average Bonchev–Trinajstić information content (AvgIpc) is 2.75. The van der Waals surface area contributed by atoms with E-state index in [-0.39, 0.29) is 16.1 Å². The number of nitrogens with zero attached hydrogens (tertiary/aromatic N) is 2. The van der Waals surface area contributed by atoms with Gasteiger partial charge in [0, 0.05) is 13.2 Å². The Labute approximate surface area is 117 Å². The van der Waals surface area contributed by atoms with E-state index in [2.05, 4.69) is 17.3 Å². The summed E-state index contributed by atoms with van der Waals surface area (Å²) < 4.78 is 6.78. The average molecular weight is 286 g/mol. The number of hydrogen-bond acceptors (Lipinski definition) is 4. The highest BCUT2D eigenvalue weighted by molar-refractivity contribution is 6.32. The Balaban J connectivity index is 2.23. The molecular formula is C13H20ClN3O2. The van der Waals surface area contributed by atoms with Crippen molar-refractivity contribution in [2.75, 3.05) is 18.5 Å². The standard InChI is InChI=1S/C13H20ClN3O2/c1-9(2)7-17-12(18)11(14)10(6-15-17)16-13(3)4-5-19-8-13/h6,9,16H,4-5,7-8H2,1-3H3. The third-order valence-electron chi connectivity index (χ3n) is 3.18. The number of halogens is 1. The molecule has 19 heavy (non-hydrogen) atoms. The van der Waals surface area contributed by atoms with Gasteiger partial charge in [-0.05, 0) is 19.3 Å². The second-order valence-corrected chi connectivity index (χ2v) is 6.12. The Morgan fingerprint density at radius 1 is 1.63 bits per heavy atom. The van der Waals surface area contributed by atoms with E-state index in [9.17, 15) is 4.79 Å². The maximum absolute atomic E-state index is 12.1. The van der Waals surface area contributed by atoms with Crippen LogP contribution in [0.5, 0.6) is 0 Å². The molecule has 0 spiro atoms. The van der Waals surface area contributed by atoms with Gasteiger partial charge in [-0.2, -0.15) is 5.10 Å². The molecule has 1 aliphatic rings. The Bertz CT molecular complexity index is 507. The van der Waals surface area contributed by atoms with Crippen molar-refractivity contribution in [2.24, 2.45) is 5.92 Å². The number of aromatic nitrogens is 2. The fraction of sp³-hybridized carbons (Fsp3) is 0.692. The van der Waals surface area contributed by atoms with Crippen molar-refractivity contribution in [1.82, 2.24) is 9.78 Å². The number of nitrogens with one attached hydrogen (secondary N) is 1. The van der Waals surface area contributed by atoms with Gasteiger partial charge in [-0.25, -0.2) is 4.68 Å². The molecule has 0 aliphatic carbocycles. The zero-order valence-electron chi connectivity index (χ0n) is 11.6. The minimum Gasteiger partial charge on any atom is -0.379 e. The molecule has 1 saturated heterocycles. The van der Waals surface area contributed by atoms with E-state index in [4.69, 9.17) is 16.3 Å². The van der Waals surface area contributed by atoms with Crippen molar-refractivity contribution in [2.45, 2.75) is 39.3 Å². The first kappa shape index (κ1) is 14.3. The van der Waals surface area contributed by atoms with Crippen LogP contribution in [0.15, 0.2) is 11.0 Å². The molecule has 0 bridgehead atoms. The molecule has 5 nitrogen and oxygen atoms in total. The first-order valence-corrected chi connectivity index (χ1v) is 6.91. The fourth-order valence-corrected chi connectivity index (χ4v) is 2.31. The molecule has 1 fully saturated rings. The van der Waals surface area contributed by atoms with Crippen LogP contribution in [0.25, 0.3) is 0 Å². The first-order valence-electron chi connectivity index (χ1n) is 6.53. The molecule has 106 valence electrons. The first-order chi connectivity index (χ1) is 8.91. The van der Waals surface area contributed by atoms with E-state index >= 15 is 0 Å². The van der Waals surface area contributed by atoms with Gasteiger partial charge in [0.05, 0.1) is 24.0 Å². The maximum Gasteiger partial charge on any atom is 0.287 e. The summed E-state index contributed by atoms with van der Waals surface area (Å²) >= 11 is 6.15. The second kappa shape index (κ2) is 5.51. The molecule has 2 rings (SSSR count). The third-order valence-corrected chi connectivity index (χ3v) is 3.54. The minimum atomic E-state index is -0.247. The molecule has 1 aliphatic heterocycles. The van der Waals surface area contributed by atoms with Gasteiger partial charge in [-0.3, -0.25) is 4.79 Å². The van der Waals surface area contributed by atoms with Crippen molar-refractivity contribution in [3.8, 4) is 0 Å². The van der Waals surface area contributed by atoms with Gasteiger partial charge in [0.1, 0.15) is 5.02 Å². The highest BCUT2D eigenvalue weighted by atomic mass is 35.5. The lowest BCUT2D eigenvalue weighted by molar-refractivity contribution is 0.185. The Morgan fingerprint density at radius 3 is 2.95 bits per heavy atom. The summed E-state index contributed by atoms with van der Waals surface area (Å²) in [7, 11) is 0. The van der Waals surface area contributed by atoms with Crippen LogP contribution in [-0.4, -0.2) is 28.5 Å². The molecular weight excluding hydrogens is 266 g/mol. The van der Waals surface area contributed by atoms with Crippen molar-refractivity contribution in [3.05, 3.63) is 21.6 Å². The van der Waals surface area contributed by atoms with Crippen molar-refractivity contribution in [1.29, 1.82) is 0 Å². The lowest BCUT2D eigenvalue weighted by Gasteiger charge is -2.25. The largest absolute Gasteiger partial charge is 0.379 e.